The van der Waals surface area contributed by atoms with Gasteiger partial charge < -0.3 is 6.53 Å². The molecule has 0 radical (unpaired) electrons. The number of halogens is 3. The molecule has 1 aromatic rings. The number of hydrogen-bond acceptors (Lipinski definition) is 1. The van der Waals surface area contributed by atoms with E-state index >= 15 is 0 Å². The molecule has 1 aromatic carbocycles. The number of phenolic OH excluding ortho intramolecular Hbond substituents is 1. The van der Waals surface area contributed by atoms with Gasteiger partial charge in [0.1, 0.15) is 0 Å². The molecule has 0 spiro atoms. The van der Waals surface area contributed by atoms with Gasteiger partial charge in [-0.05, 0) is 34.7 Å². The number of benzene rings is 1. The zero-order valence-electron chi connectivity index (χ0n) is 6.74. The maximum atomic E-state index is 9.06. The van der Waals surface area contributed by atoms with Gasteiger partial charge in [0.25, 0.3) is 0 Å². The Morgan fingerprint density at radius 2 is 1.64 bits per heavy atom. The number of aromatic hydroxyl groups is 1. The molecule has 0 amide bonds. The third-order valence-corrected chi connectivity index (χ3v) is 2.18. The molecule has 5 heteroatoms. The van der Waals surface area contributed by atoms with Crippen LogP contribution in [0.5, 0.6) is 5.75 Å². The van der Waals surface area contributed by atoms with Crippen molar-refractivity contribution in [2.75, 3.05) is 0 Å². The fourth-order valence-electron chi connectivity index (χ4n) is 0.535. The summed E-state index contributed by atoms with van der Waals surface area (Å²) in [5.74, 6) is -0.0521. The molecule has 1 nitrogen and oxygen atoms in total. The van der Waals surface area contributed by atoms with Gasteiger partial charge in [-0.2, -0.15) is 0 Å². The summed E-state index contributed by atoms with van der Waals surface area (Å²) in [6.07, 6.45) is 0. The average molecular weight is 313 g/mol. The van der Waals surface area contributed by atoms with E-state index in [0.717, 1.165) is 3.57 Å². The molecular weight excluding hydrogens is 309 g/mol. The minimum Gasteiger partial charge on any atom is -1.00 e. The van der Waals surface area contributed by atoms with Gasteiger partial charge in [-0.3, -0.25) is 0 Å². The van der Waals surface area contributed by atoms with Crippen molar-refractivity contribution in [2.24, 2.45) is 0 Å². The number of hydrogen-bond donors (Lipinski definition) is 1. The zero-order valence-corrected chi connectivity index (χ0v) is 11.4. The summed E-state index contributed by atoms with van der Waals surface area (Å²) in [6.45, 7) is 0. The first-order chi connectivity index (χ1) is 4.61. The van der Waals surface area contributed by atoms with Gasteiger partial charge in [0.15, 0.2) is 5.75 Å². The SMILES string of the molecule is Oc1c(Cl)cc(I)cc1Cl.[H-].[Na+]. The second kappa shape index (κ2) is 5.14. The van der Waals surface area contributed by atoms with Gasteiger partial charge in [-0.15, -0.1) is 0 Å². The van der Waals surface area contributed by atoms with E-state index in [1.807, 2.05) is 0 Å². The maximum Gasteiger partial charge on any atom is 1.00 e. The summed E-state index contributed by atoms with van der Waals surface area (Å²) in [7, 11) is 0. The van der Waals surface area contributed by atoms with Crippen molar-refractivity contribution in [1.29, 1.82) is 0 Å². The smallest absolute Gasteiger partial charge is 1.00 e. The van der Waals surface area contributed by atoms with Crippen LogP contribution in [0.3, 0.4) is 0 Å². The first kappa shape index (κ1) is 12.3. The molecule has 0 saturated heterocycles. The second-order valence-electron chi connectivity index (χ2n) is 1.72. The largest absolute Gasteiger partial charge is 1.00 e. The van der Waals surface area contributed by atoms with Gasteiger partial charge in [-0.1, -0.05) is 23.2 Å². The van der Waals surface area contributed by atoms with Crippen LogP contribution in [-0.2, 0) is 0 Å². The van der Waals surface area contributed by atoms with E-state index in [1.54, 1.807) is 12.1 Å². The molecular formula is C6H4Cl2INaO. The van der Waals surface area contributed by atoms with Crippen LogP contribution in [0.4, 0.5) is 0 Å². The Kier molecular flexibility index (Phi) is 5.77. The fourth-order valence-corrected chi connectivity index (χ4v) is 2.01. The molecule has 0 fully saturated rings. The predicted molar refractivity (Wildman–Crippen MR) is 52.0 cm³/mol. The third-order valence-electron chi connectivity index (χ3n) is 0.982. The van der Waals surface area contributed by atoms with E-state index in [9.17, 15) is 0 Å². The van der Waals surface area contributed by atoms with E-state index in [2.05, 4.69) is 22.6 Å². The van der Waals surface area contributed by atoms with E-state index in [0.29, 0.717) is 0 Å². The molecule has 11 heavy (non-hydrogen) atoms. The maximum absolute atomic E-state index is 9.06. The summed E-state index contributed by atoms with van der Waals surface area (Å²) >= 11 is 13.2. The normalized spacial score (nSPS) is 9.00. The Morgan fingerprint density at radius 3 is 2.00 bits per heavy atom. The molecule has 0 aliphatic carbocycles. The first-order valence-electron chi connectivity index (χ1n) is 2.45. The monoisotopic (exact) mass is 312 g/mol. The van der Waals surface area contributed by atoms with E-state index in [4.69, 9.17) is 28.3 Å². The van der Waals surface area contributed by atoms with Crippen LogP contribution < -0.4 is 29.6 Å². The summed E-state index contributed by atoms with van der Waals surface area (Å²) in [5.41, 5.74) is 0. The summed E-state index contributed by atoms with van der Waals surface area (Å²) in [5, 5.41) is 9.64. The van der Waals surface area contributed by atoms with Crippen molar-refractivity contribution in [3.05, 3.63) is 25.7 Å². The average Bonchev–Trinajstić information content (AvgIpc) is 1.82. The van der Waals surface area contributed by atoms with Crippen molar-refractivity contribution >= 4 is 45.8 Å². The molecule has 0 heterocycles. The summed E-state index contributed by atoms with van der Waals surface area (Å²) in [6, 6.07) is 3.28. The fraction of sp³-hybridized carbons (Fsp3) is 0. The second-order valence-corrected chi connectivity index (χ2v) is 3.78. The van der Waals surface area contributed by atoms with E-state index < -0.39 is 0 Å². The molecule has 1 rings (SSSR count). The Hall–Kier alpha value is 1.33. The zero-order chi connectivity index (χ0) is 7.72. The molecule has 0 saturated carbocycles. The molecule has 0 unspecified atom stereocenters. The molecule has 1 N–H and O–H groups in total. The Labute approximate surface area is 112 Å². The quantitative estimate of drug-likeness (QED) is 0.544. The van der Waals surface area contributed by atoms with Crippen molar-refractivity contribution in [2.45, 2.75) is 0 Å². The van der Waals surface area contributed by atoms with E-state index in [-0.39, 0.29) is 46.8 Å². The molecule has 0 bridgehead atoms. The standard InChI is InChI=1S/C6H3Cl2IO.Na.H/c7-4-1-3(9)2-5(8)6(4)10;;/h1-2,10H;;/q;+1;-1. The summed E-state index contributed by atoms with van der Waals surface area (Å²) < 4.78 is 0.908. The topological polar surface area (TPSA) is 20.2 Å². The van der Waals surface area contributed by atoms with Crippen LogP contribution in [0, 0.1) is 3.57 Å². The van der Waals surface area contributed by atoms with Crippen LogP contribution in [0.25, 0.3) is 0 Å². The Morgan fingerprint density at radius 1 is 1.27 bits per heavy atom. The van der Waals surface area contributed by atoms with Crippen LogP contribution >= 0.6 is 45.8 Å². The van der Waals surface area contributed by atoms with Gasteiger partial charge in [-0.25, -0.2) is 0 Å². The van der Waals surface area contributed by atoms with Crippen molar-refractivity contribution < 1.29 is 36.1 Å². The molecule has 0 aromatic heterocycles. The van der Waals surface area contributed by atoms with Crippen LogP contribution in [0.15, 0.2) is 12.1 Å². The van der Waals surface area contributed by atoms with E-state index in [1.165, 1.54) is 0 Å². The third kappa shape index (κ3) is 3.28. The Balaban J connectivity index is 0. The molecule has 0 aliphatic heterocycles. The first-order valence-corrected chi connectivity index (χ1v) is 4.28. The van der Waals surface area contributed by atoms with Gasteiger partial charge >= 0.3 is 29.6 Å². The Bertz CT molecular complexity index is 249. The van der Waals surface area contributed by atoms with Crippen molar-refractivity contribution in [1.82, 2.24) is 0 Å². The molecule has 0 aliphatic rings. The van der Waals surface area contributed by atoms with Crippen LogP contribution in [-0.4, -0.2) is 5.11 Å². The van der Waals surface area contributed by atoms with Gasteiger partial charge in [0.05, 0.1) is 10.0 Å². The van der Waals surface area contributed by atoms with Gasteiger partial charge in [0, 0.05) is 3.57 Å². The number of rotatable bonds is 0. The predicted octanol–water partition coefficient (Wildman–Crippen LogP) is 0.420. The van der Waals surface area contributed by atoms with Crippen molar-refractivity contribution in [3.8, 4) is 5.75 Å². The van der Waals surface area contributed by atoms with Crippen LogP contribution in [0.2, 0.25) is 10.0 Å². The molecule has 56 valence electrons. The van der Waals surface area contributed by atoms with Crippen LogP contribution in [0.1, 0.15) is 1.43 Å². The minimum absolute atomic E-state index is 0. The summed E-state index contributed by atoms with van der Waals surface area (Å²) in [4.78, 5) is 0. The van der Waals surface area contributed by atoms with Crippen molar-refractivity contribution in [3.63, 3.8) is 0 Å². The number of phenols is 1. The minimum atomic E-state index is -0.0521. The molecule has 0 atom stereocenters. The van der Waals surface area contributed by atoms with Gasteiger partial charge in [0.2, 0.25) is 0 Å².